The van der Waals surface area contributed by atoms with Crippen molar-refractivity contribution < 1.29 is 9.45 Å². The molecule has 0 radical (unpaired) electrons. The molecule has 0 bridgehead atoms. The minimum absolute atomic E-state index is 0.0261. The Morgan fingerprint density at radius 3 is 2.50 bits per heavy atom. The quantitative estimate of drug-likeness (QED) is 0.474. The predicted molar refractivity (Wildman–Crippen MR) is 107 cm³/mol. The Morgan fingerprint density at radius 1 is 1.07 bits per heavy atom. The summed E-state index contributed by atoms with van der Waals surface area (Å²) in [5.74, 6) is 0.727. The van der Waals surface area contributed by atoms with E-state index in [-0.39, 0.29) is 22.5 Å². The maximum Gasteiger partial charge on any atom is 0.293 e. The molecule has 3 aromatic rings. The second-order valence-corrected chi connectivity index (χ2v) is 7.26. The summed E-state index contributed by atoms with van der Waals surface area (Å²) < 4.78 is 5.36. The van der Waals surface area contributed by atoms with E-state index in [0.29, 0.717) is 17.1 Å². The number of hydrogen-bond donors (Lipinski definition) is 1. The highest BCUT2D eigenvalue weighted by atomic mass is 16.6. The minimum atomic E-state index is -0.369. The topological polar surface area (TPSA) is 94.1 Å². The van der Waals surface area contributed by atoms with E-state index in [1.54, 1.807) is 12.1 Å². The van der Waals surface area contributed by atoms with E-state index in [9.17, 15) is 10.1 Å². The van der Waals surface area contributed by atoms with Crippen LogP contribution < -0.4 is 5.32 Å². The van der Waals surface area contributed by atoms with Crippen LogP contribution in [0.3, 0.4) is 0 Å². The van der Waals surface area contributed by atoms with Crippen molar-refractivity contribution in [2.24, 2.45) is 0 Å². The predicted octanol–water partition coefficient (Wildman–Crippen LogP) is 5.36. The number of nitrogens with one attached hydrogen (secondary N) is 1. The third-order valence-corrected chi connectivity index (χ3v) is 5.14. The van der Waals surface area contributed by atoms with Gasteiger partial charge < -0.3 is 9.84 Å². The van der Waals surface area contributed by atoms with Crippen molar-refractivity contribution in [1.29, 1.82) is 0 Å². The molecule has 2 aromatic carbocycles. The van der Waals surface area contributed by atoms with E-state index < -0.39 is 0 Å². The van der Waals surface area contributed by atoms with Gasteiger partial charge in [0.05, 0.1) is 4.92 Å². The van der Waals surface area contributed by atoms with Gasteiger partial charge in [-0.15, -0.1) is 0 Å². The van der Waals surface area contributed by atoms with Crippen LogP contribution in [-0.2, 0) is 0 Å². The van der Waals surface area contributed by atoms with Gasteiger partial charge in [-0.25, -0.2) is 0 Å². The highest BCUT2D eigenvalue weighted by Gasteiger charge is 2.21. The number of nitro groups is 1. The number of hydrogen-bond acceptors (Lipinski definition) is 6. The molecule has 4 rings (SSSR count). The van der Waals surface area contributed by atoms with Crippen LogP contribution in [0.4, 0.5) is 11.4 Å². The van der Waals surface area contributed by atoms with Crippen LogP contribution >= 0.6 is 0 Å². The molecular formula is C21H22N4O3. The van der Waals surface area contributed by atoms with E-state index >= 15 is 0 Å². The summed E-state index contributed by atoms with van der Waals surface area (Å²) in [6.45, 7) is 2.01. The van der Waals surface area contributed by atoms with Crippen molar-refractivity contribution in [3.63, 3.8) is 0 Å². The van der Waals surface area contributed by atoms with E-state index in [1.807, 2.05) is 31.2 Å². The smallest absolute Gasteiger partial charge is 0.293 e. The SMILES string of the molecule is Cc1ccc(-c2noc(-c3ccc(NC4CCCCC4)c([N+](=O)[O-])c3)n2)cc1. The molecule has 0 saturated heterocycles. The van der Waals surface area contributed by atoms with Crippen LogP contribution in [0.2, 0.25) is 0 Å². The molecule has 1 heterocycles. The molecule has 0 aliphatic heterocycles. The van der Waals surface area contributed by atoms with Gasteiger partial charge in [0.1, 0.15) is 5.69 Å². The molecule has 144 valence electrons. The largest absolute Gasteiger partial charge is 0.377 e. The fourth-order valence-corrected chi connectivity index (χ4v) is 3.57. The van der Waals surface area contributed by atoms with Crippen LogP contribution in [0.15, 0.2) is 47.0 Å². The Balaban J connectivity index is 1.60. The molecule has 0 atom stereocenters. The van der Waals surface area contributed by atoms with Crippen LogP contribution in [0.1, 0.15) is 37.7 Å². The summed E-state index contributed by atoms with van der Waals surface area (Å²) in [6, 6.07) is 13.1. The maximum absolute atomic E-state index is 11.6. The molecule has 1 fully saturated rings. The summed E-state index contributed by atoms with van der Waals surface area (Å²) in [4.78, 5) is 15.6. The molecule has 28 heavy (non-hydrogen) atoms. The lowest BCUT2D eigenvalue weighted by Gasteiger charge is -2.23. The number of rotatable bonds is 5. The molecule has 0 amide bonds. The van der Waals surface area contributed by atoms with Crippen molar-refractivity contribution in [3.8, 4) is 22.8 Å². The first-order valence-corrected chi connectivity index (χ1v) is 9.56. The number of aryl methyl sites for hydroxylation is 1. The van der Waals surface area contributed by atoms with Crippen molar-refractivity contribution in [2.45, 2.75) is 45.1 Å². The fraction of sp³-hybridized carbons (Fsp3) is 0.333. The number of benzene rings is 2. The van der Waals surface area contributed by atoms with E-state index in [2.05, 4.69) is 15.5 Å². The Hall–Kier alpha value is -3.22. The van der Waals surface area contributed by atoms with Crippen LogP contribution in [-0.4, -0.2) is 21.1 Å². The molecule has 1 saturated carbocycles. The van der Waals surface area contributed by atoms with Gasteiger partial charge in [0.2, 0.25) is 5.82 Å². The highest BCUT2D eigenvalue weighted by Crippen LogP contribution is 2.33. The Bertz CT molecular complexity index is 976. The Kier molecular flexibility index (Phi) is 5.06. The number of nitro benzene ring substituents is 1. The van der Waals surface area contributed by atoms with Crippen LogP contribution in [0.25, 0.3) is 22.8 Å². The summed E-state index contributed by atoms with van der Waals surface area (Å²) >= 11 is 0. The van der Waals surface area contributed by atoms with E-state index in [4.69, 9.17) is 4.52 Å². The average molecular weight is 378 g/mol. The molecule has 7 nitrogen and oxygen atoms in total. The first kappa shape index (κ1) is 18.2. The lowest BCUT2D eigenvalue weighted by atomic mass is 9.95. The monoisotopic (exact) mass is 378 g/mol. The van der Waals surface area contributed by atoms with Gasteiger partial charge in [0, 0.05) is 23.2 Å². The van der Waals surface area contributed by atoms with Gasteiger partial charge >= 0.3 is 0 Å². The minimum Gasteiger partial charge on any atom is -0.377 e. The van der Waals surface area contributed by atoms with Crippen molar-refractivity contribution in [3.05, 3.63) is 58.1 Å². The first-order chi connectivity index (χ1) is 13.6. The number of aromatic nitrogens is 2. The van der Waals surface area contributed by atoms with Gasteiger partial charge in [-0.1, -0.05) is 54.2 Å². The normalized spacial score (nSPS) is 14.8. The Morgan fingerprint density at radius 2 is 1.79 bits per heavy atom. The van der Waals surface area contributed by atoms with E-state index in [1.165, 1.54) is 12.5 Å². The van der Waals surface area contributed by atoms with Gasteiger partial charge in [-0.05, 0) is 31.9 Å². The van der Waals surface area contributed by atoms with Gasteiger partial charge in [0.25, 0.3) is 11.6 Å². The zero-order valence-electron chi connectivity index (χ0n) is 15.7. The summed E-state index contributed by atoms with van der Waals surface area (Å²) in [6.07, 6.45) is 5.64. The summed E-state index contributed by atoms with van der Waals surface area (Å²) in [7, 11) is 0. The molecule has 7 heteroatoms. The molecule has 1 aliphatic rings. The lowest BCUT2D eigenvalue weighted by molar-refractivity contribution is -0.383. The zero-order valence-corrected chi connectivity index (χ0v) is 15.7. The van der Waals surface area contributed by atoms with Crippen molar-refractivity contribution in [2.75, 3.05) is 5.32 Å². The van der Waals surface area contributed by atoms with Crippen LogP contribution in [0, 0.1) is 17.0 Å². The van der Waals surface area contributed by atoms with Crippen LogP contribution in [0.5, 0.6) is 0 Å². The number of anilines is 1. The fourth-order valence-electron chi connectivity index (χ4n) is 3.57. The maximum atomic E-state index is 11.6. The zero-order chi connectivity index (χ0) is 19.5. The summed E-state index contributed by atoms with van der Waals surface area (Å²) in [5, 5.41) is 19.0. The second-order valence-electron chi connectivity index (χ2n) is 7.26. The van der Waals surface area contributed by atoms with E-state index in [0.717, 1.165) is 36.8 Å². The summed E-state index contributed by atoms with van der Waals surface area (Å²) in [5.41, 5.74) is 3.08. The molecule has 1 N–H and O–H groups in total. The number of nitrogens with zero attached hydrogens (tertiary/aromatic N) is 3. The second kappa shape index (κ2) is 7.80. The highest BCUT2D eigenvalue weighted by molar-refractivity contribution is 5.71. The van der Waals surface area contributed by atoms with Crippen molar-refractivity contribution in [1.82, 2.24) is 10.1 Å². The molecule has 0 spiro atoms. The Labute approximate surface area is 162 Å². The van der Waals surface area contributed by atoms with Gasteiger partial charge in [-0.2, -0.15) is 4.98 Å². The van der Waals surface area contributed by atoms with Gasteiger partial charge in [0.15, 0.2) is 0 Å². The molecule has 1 aliphatic carbocycles. The van der Waals surface area contributed by atoms with Gasteiger partial charge in [-0.3, -0.25) is 10.1 Å². The molecular weight excluding hydrogens is 356 g/mol. The molecule has 1 aromatic heterocycles. The van der Waals surface area contributed by atoms with Crippen molar-refractivity contribution >= 4 is 11.4 Å². The first-order valence-electron chi connectivity index (χ1n) is 9.56. The average Bonchev–Trinajstić information content (AvgIpc) is 3.20. The third-order valence-electron chi connectivity index (χ3n) is 5.14. The lowest BCUT2D eigenvalue weighted by Crippen LogP contribution is -2.22. The third kappa shape index (κ3) is 3.88. The molecule has 0 unspecified atom stereocenters. The standard InChI is InChI=1S/C21H22N4O3/c1-14-7-9-15(10-8-14)20-23-21(28-24-20)16-11-12-18(19(13-16)25(26)27)22-17-5-3-2-4-6-17/h7-13,17,22H,2-6H2,1H3.